The minimum atomic E-state index is 0.817. The van der Waals surface area contributed by atoms with E-state index in [1.807, 2.05) is 19.9 Å². The summed E-state index contributed by atoms with van der Waals surface area (Å²) in [6.07, 6.45) is 0. The predicted octanol–water partition coefficient (Wildman–Crippen LogP) is 1.07. The molecule has 0 aliphatic heterocycles. The van der Waals surface area contributed by atoms with Crippen LogP contribution >= 0.6 is 0 Å². The second kappa shape index (κ2) is 4.91. The molecule has 1 aromatic heterocycles. The van der Waals surface area contributed by atoms with E-state index in [-0.39, 0.29) is 0 Å². The van der Waals surface area contributed by atoms with Gasteiger partial charge in [0.2, 0.25) is 0 Å². The molecule has 4 heteroatoms. The number of hydrogen-bond acceptors (Lipinski definition) is 4. The Morgan fingerprint density at radius 1 is 1.29 bits per heavy atom. The maximum absolute atomic E-state index is 4.29. The van der Waals surface area contributed by atoms with E-state index < -0.39 is 0 Å². The summed E-state index contributed by atoms with van der Waals surface area (Å²) in [6.45, 7) is 5.79. The van der Waals surface area contributed by atoms with Crippen LogP contribution in [0.5, 0.6) is 0 Å². The molecular formula is C10H18N4. The third-order valence-electron chi connectivity index (χ3n) is 1.83. The van der Waals surface area contributed by atoms with Crippen molar-refractivity contribution in [3.8, 4) is 0 Å². The predicted molar refractivity (Wildman–Crippen MR) is 58.5 cm³/mol. The first-order valence-electron chi connectivity index (χ1n) is 4.79. The Balaban J connectivity index is 2.50. The first-order chi connectivity index (χ1) is 6.58. The van der Waals surface area contributed by atoms with Crippen LogP contribution in [0.1, 0.15) is 11.5 Å². The van der Waals surface area contributed by atoms with Crippen LogP contribution in [0.2, 0.25) is 0 Å². The smallest absolute Gasteiger partial charge is 0.129 e. The van der Waals surface area contributed by atoms with Crippen LogP contribution in [0.4, 0.5) is 5.82 Å². The van der Waals surface area contributed by atoms with Gasteiger partial charge in [0.1, 0.15) is 11.6 Å². The summed E-state index contributed by atoms with van der Waals surface area (Å²) in [7, 11) is 4.11. The maximum Gasteiger partial charge on any atom is 0.129 e. The Labute approximate surface area is 85.4 Å². The van der Waals surface area contributed by atoms with Crippen molar-refractivity contribution in [3.63, 3.8) is 0 Å². The van der Waals surface area contributed by atoms with Gasteiger partial charge in [-0.2, -0.15) is 0 Å². The van der Waals surface area contributed by atoms with Gasteiger partial charge in [-0.05, 0) is 27.9 Å². The third-order valence-corrected chi connectivity index (χ3v) is 1.83. The van der Waals surface area contributed by atoms with E-state index >= 15 is 0 Å². The first kappa shape index (κ1) is 10.9. The number of nitrogens with zero attached hydrogens (tertiary/aromatic N) is 3. The van der Waals surface area contributed by atoms with Crippen molar-refractivity contribution in [2.75, 3.05) is 32.5 Å². The van der Waals surface area contributed by atoms with E-state index in [0.717, 1.165) is 30.4 Å². The molecule has 0 saturated heterocycles. The highest BCUT2D eigenvalue weighted by molar-refractivity contribution is 5.35. The van der Waals surface area contributed by atoms with Gasteiger partial charge in [-0.1, -0.05) is 0 Å². The van der Waals surface area contributed by atoms with Crippen LogP contribution in [0.3, 0.4) is 0 Å². The molecule has 0 saturated carbocycles. The van der Waals surface area contributed by atoms with Gasteiger partial charge in [0.15, 0.2) is 0 Å². The highest BCUT2D eigenvalue weighted by Crippen LogP contribution is 2.04. The molecule has 1 rings (SSSR count). The third kappa shape index (κ3) is 3.70. The zero-order valence-corrected chi connectivity index (χ0v) is 9.33. The molecule has 0 radical (unpaired) electrons. The van der Waals surface area contributed by atoms with Crippen molar-refractivity contribution < 1.29 is 0 Å². The standard InChI is InChI=1S/C10H18N4/c1-8-7-10(13-9(2)12-8)11-5-6-14(3)4/h7H,5-6H2,1-4H3,(H,11,12,13). The normalized spacial score (nSPS) is 10.6. The van der Waals surface area contributed by atoms with Gasteiger partial charge in [0, 0.05) is 24.8 Å². The van der Waals surface area contributed by atoms with E-state index in [0.29, 0.717) is 0 Å². The maximum atomic E-state index is 4.29. The molecule has 0 aliphatic carbocycles. The van der Waals surface area contributed by atoms with Crippen molar-refractivity contribution >= 4 is 5.82 Å². The van der Waals surface area contributed by atoms with E-state index in [9.17, 15) is 0 Å². The van der Waals surface area contributed by atoms with Gasteiger partial charge in [-0.3, -0.25) is 0 Å². The van der Waals surface area contributed by atoms with Crippen molar-refractivity contribution in [2.45, 2.75) is 13.8 Å². The minimum absolute atomic E-state index is 0.817. The largest absolute Gasteiger partial charge is 0.369 e. The second-order valence-corrected chi connectivity index (χ2v) is 3.67. The lowest BCUT2D eigenvalue weighted by Crippen LogP contribution is -2.21. The summed E-state index contributed by atoms with van der Waals surface area (Å²) < 4.78 is 0. The Hall–Kier alpha value is -1.16. The van der Waals surface area contributed by atoms with E-state index in [2.05, 4.69) is 34.3 Å². The molecule has 0 fully saturated rings. The minimum Gasteiger partial charge on any atom is -0.369 e. The summed E-state index contributed by atoms with van der Waals surface area (Å²) in [5.41, 5.74) is 1.00. The lowest BCUT2D eigenvalue weighted by molar-refractivity contribution is 0.425. The number of nitrogens with one attached hydrogen (secondary N) is 1. The van der Waals surface area contributed by atoms with Gasteiger partial charge in [0.25, 0.3) is 0 Å². The van der Waals surface area contributed by atoms with Gasteiger partial charge in [-0.15, -0.1) is 0 Å². The Morgan fingerprint density at radius 2 is 2.00 bits per heavy atom. The van der Waals surface area contributed by atoms with Crippen molar-refractivity contribution in [3.05, 3.63) is 17.6 Å². The molecule has 78 valence electrons. The van der Waals surface area contributed by atoms with Gasteiger partial charge in [-0.25, -0.2) is 9.97 Å². The highest BCUT2D eigenvalue weighted by atomic mass is 15.1. The lowest BCUT2D eigenvalue weighted by Gasteiger charge is -2.11. The highest BCUT2D eigenvalue weighted by Gasteiger charge is 1.97. The van der Waals surface area contributed by atoms with Crippen LogP contribution in [-0.4, -0.2) is 42.1 Å². The number of hydrogen-bond donors (Lipinski definition) is 1. The topological polar surface area (TPSA) is 41.0 Å². The molecule has 0 amide bonds. The number of likely N-dealkylation sites (N-methyl/N-ethyl adjacent to an activating group) is 1. The number of aromatic nitrogens is 2. The molecule has 0 aliphatic rings. The average Bonchev–Trinajstić information content (AvgIpc) is 2.01. The molecule has 0 aromatic carbocycles. The fraction of sp³-hybridized carbons (Fsp3) is 0.600. The van der Waals surface area contributed by atoms with E-state index in [1.54, 1.807) is 0 Å². The molecular weight excluding hydrogens is 176 g/mol. The van der Waals surface area contributed by atoms with Gasteiger partial charge < -0.3 is 10.2 Å². The molecule has 1 heterocycles. The van der Waals surface area contributed by atoms with Gasteiger partial charge >= 0.3 is 0 Å². The lowest BCUT2D eigenvalue weighted by atomic mass is 10.4. The van der Waals surface area contributed by atoms with Crippen LogP contribution in [0, 0.1) is 13.8 Å². The molecule has 1 N–H and O–H groups in total. The average molecular weight is 194 g/mol. The summed E-state index contributed by atoms with van der Waals surface area (Å²) in [5, 5.41) is 3.26. The fourth-order valence-electron chi connectivity index (χ4n) is 1.22. The Kier molecular flexibility index (Phi) is 3.83. The zero-order valence-electron chi connectivity index (χ0n) is 9.33. The molecule has 0 atom stereocenters. The van der Waals surface area contributed by atoms with E-state index in [1.165, 1.54) is 0 Å². The molecule has 0 bridgehead atoms. The first-order valence-corrected chi connectivity index (χ1v) is 4.79. The van der Waals surface area contributed by atoms with Gasteiger partial charge in [0.05, 0.1) is 0 Å². The Bertz CT molecular complexity index is 276. The fourth-order valence-corrected chi connectivity index (χ4v) is 1.22. The van der Waals surface area contributed by atoms with Crippen LogP contribution < -0.4 is 5.32 Å². The van der Waals surface area contributed by atoms with Crippen molar-refractivity contribution in [2.24, 2.45) is 0 Å². The van der Waals surface area contributed by atoms with Crippen LogP contribution in [0.15, 0.2) is 6.07 Å². The molecule has 4 nitrogen and oxygen atoms in total. The molecule has 1 aromatic rings. The second-order valence-electron chi connectivity index (χ2n) is 3.67. The van der Waals surface area contributed by atoms with E-state index in [4.69, 9.17) is 0 Å². The summed E-state index contributed by atoms with van der Waals surface area (Å²) in [5.74, 6) is 1.73. The summed E-state index contributed by atoms with van der Waals surface area (Å²) in [4.78, 5) is 10.6. The zero-order chi connectivity index (χ0) is 10.6. The summed E-state index contributed by atoms with van der Waals surface area (Å²) in [6, 6.07) is 1.96. The number of anilines is 1. The number of aryl methyl sites for hydroxylation is 2. The van der Waals surface area contributed by atoms with Crippen molar-refractivity contribution in [1.29, 1.82) is 0 Å². The van der Waals surface area contributed by atoms with Crippen LogP contribution in [0.25, 0.3) is 0 Å². The SMILES string of the molecule is Cc1cc(NCCN(C)C)nc(C)n1. The quantitative estimate of drug-likeness (QED) is 0.778. The number of rotatable bonds is 4. The van der Waals surface area contributed by atoms with Crippen LogP contribution in [-0.2, 0) is 0 Å². The Morgan fingerprint density at radius 3 is 2.57 bits per heavy atom. The summed E-state index contributed by atoms with van der Waals surface area (Å²) >= 11 is 0. The molecule has 14 heavy (non-hydrogen) atoms. The molecule has 0 spiro atoms. The van der Waals surface area contributed by atoms with Crippen molar-refractivity contribution in [1.82, 2.24) is 14.9 Å². The monoisotopic (exact) mass is 194 g/mol. The molecule has 0 unspecified atom stereocenters.